The first kappa shape index (κ1) is 29.1. The van der Waals surface area contributed by atoms with Crippen LogP contribution in [0.4, 0.5) is 0 Å². The number of methoxy groups -OCH3 is 2. The predicted molar refractivity (Wildman–Crippen MR) is 145 cm³/mol. The lowest BCUT2D eigenvalue weighted by atomic mass is 9.93. The fraction of sp³-hybridized carbons (Fsp3) is 0.667. The molecule has 1 aromatic heterocycles. The van der Waals surface area contributed by atoms with Crippen molar-refractivity contribution < 1.29 is 37.0 Å². The third kappa shape index (κ3) is 6.26. The van der Waals surface area contributed by atoms with Gasteiger partial charge in [0, 0.05) is 19.5 Å². The molecule has 5 rings (SSSR count). The van der Waals surface area contributed by atoms with Crippen molar-refractivity contribution in [1.29, 1.82) is 0 Å². The number of nitrogens with one attached hydrogen (secondary N) is 2. The summed E-state index contributed by atoms with van der Waals surface area (Å²) in [5, 5.41) is 2.30. The van der Waals surface area contributed by atoms with E-state index >= 15 is 0 Å². The van der Waals surface area contributed by atoms with Crippen molar-refractivity contribution in [3.05, 3.63) is 18.2 Å². The molecule has 0 saturated heterocycles. The number of amides is 3. The number of carbonyl (C=O) groups excluding carboxylic acids is 3. The molecule has 41 heavy (non-hydrogen) atoms. The highest BCUT2D eigenvalue weighted by atomic mass is 32.2. The molecule has 2 heterocycles. The van der Waals surface area contributed by atoms with Crippen LogP contribution in [0.15, 0.2) is 18.2 Å². The SMILES string of the molecule is COc1cc(O[C@@H]2C[C@H]3C(=O)N[C@]4(C(=O)NS(=O)(=O)C5CC5)C[C@H]4/C=C\CCCCN(C)C(=O)[C@@H]3C2)nc(OC)n1. The monoisotopic (exact) mass is 591 g/mol. The average molecular weight is 592 g/mol. The molecule has 3 amide bonds. The zero-order chi connectivity index (χ0) is 29.4. The van der Waals surface area contributed by atoms with Gasteiger partial charge in [-0.1, -0.05) is 12.2 Å². The summed E-state index contributed by atoms with van der Waals surface area (Å²) in [7, 11) is 0.786. The standard InChI is InChI=1S/C27H37N5O8S/c1-32-11-7-5-4-6-8-16-15-27(16,25(35)31-41(36,37)18-9-10-18)30-23(33)19-12-17(13-20(19)24(32)34)40-22-14-21(38-2)28-26(29-22)39-3/h6,8,14,16-20H,4-5,7,9-13,15H2,1-3H3,(H,30,33)(H,31,35)/b8-6-/t16-,17-,19-,20-,27-/m1/s1. The Morgan fingerprint density at radius 2 is 1.83 bits per heavy atom. The summed E-state index contributed by atoms with van der Waals surface area (Å²) in [5.41, 5.74) is -1.38. The second kappa shape index (κ2) is 11.5. The van der Waals surface area contributed by atoms with Crippen LogP contribution in [-0.4, -0.2) is 85.7 Å². The number of aromatic nitrogens is 2. The Labute approximate surface area is 239 Å². The van der Waals surface area contributed by atoms with Crippen LogP contribution in [0.25, 0.3) is 0 Å². The molecule has 0 spiro atoms. The Morgan fingerprint density at radius 1 is 1.10 bits per heavy atom. The van der Waals surface area contributed by atoms with Crippen molar-refractivity contribution in [2.45, 2.75) is 68.3 Å². The van der Waals surface area contributed by atoms with Gasteiger partial charge in [0.2, 0.25) is 33.6 Å². The van der Waals surface area contributed by atoms with Gasteiger partial charge in [0.15, 0.2) is 0 Å². The van der Waals surface area contributed by atoms with E-state index in [1.165, 1.54) is 20.3 Å². The van der Waals surface area contributed by atoms with E-state index in [0.29, 0.717) is 19.4 Å². The van der Waals surface area contributed by atoms with Gasteiger partial charge in [-0.15, -0.1) is 0 Å². The highest BCUT2D eigenvalue weighted by Crippen LogP contribution is 2.47. The Bertz CT molecular complexity index is 1310. The lowest BCUT2D eigenvalue weighted by molar-refractivity contribution is -0.140. The minimum atomic E-state index is -3.80. The van der Waals surface area contributed by atoms with Crippen LogP contribution in [0.1, 0.15) is 51.4 Å². The zero-order valence-corrected chi connectivity index (χ0v) is 24.3. The number of hydrogen-bond donors (Lipinski definition) is 2. The van der Waals surface area contributed by atoms with Gasteiger partial charge in [0.1, 0.15) is 11.6 Å². The third-order valence-corrected chi connectivity index (χ3v) is 10.2. The highest BCUT2D eigenvalue weighted by molar-refractivity contribution is 7.91. The molecule has 1 aromatic rings. The van der Waals surface area contributed by atoms with E-state index < -0.39 is 50.6 Å². The Morgan fingerprint density at radius 3 is 2.54 bits per heavy atom. The molecule has 0 bridgehead atoms. The molecule has 2 N–H and O–H groups in total. The van der Waals surface area contributed by atoms with Crippen molar-refractivity contribution in [2.24, 2.45) is 17.8 Å². The van der Waals surface area contributed by atoms with E-state index in [1.807, 2.05) is 12.2 Å². The van der Waals surface area contributed by atoms with Gasteiger partial charge in [-0.05, 0) is 51.4 Å². The number of allylic oxidation sites excluding steroid dienone is 1. The lowest BCUT2D eigenvalue weighted by Gasteiger charge is -2.26. The van der Waals surface area contributed by atoms with Crippen LogP contribution >= 0.6 is 0 Å². The van der Waals surface area contributed by atoms with E-state index in [0.717, 1.165) is 19.3 Å². The van der Waals surface area contributed by atoms with Gasteiger partial charge in [-0.3, -0.25) is 19.1 Å². The summed E-state index contributed by atoms with van der Waals surface area (Å²) in [6.45, 7) is 0.554. The van der Waals surface area contributed by atoms with Crippen molar-refractivity contribution >= 4 is 27.7 Å². The Kier molecular flexibility index (Phi) is 8.13. The fourth-order valence-corrected chi connectivity index (χ4v) is 7.07. The minimum absolute atomic E-state index is 0.0476. The topological polar surface area (TPSA) is 166 Å². The molecule has 3 aliphatic carbocycles. The van der Waals surface area contributed by atoms with E-state index in [9.17, 15) is 22.8 Å². The molecule has 224 valence electrons. The number of rotatable bonds is 7. The smallest absolute Gasteiger partial charge is 0.322 e. The van der Waals surface area contributed by atoms with Gasteiger partial charge in [0.25, 0.3) is 5.91 Å². The Balaban J connectivity index is 1.40. The van der Waals surface area contributed by atoms with E-state index in [2.05, 4.69) is 20.0 Å². The van der Waals surface area contributed by atoms with Crippen LogP contribution in [0.5, 0.6) is 17.8 Å². The fourth-order valence-electron chi connectivity index (χ4n) is 5.70. The molecule has 0 radical (unpaired) electrons. The normalized spacial score (nSPS) is 31.1. The number of hydrogen-bond acceptors (Lipinski definition) is 10. The summed E-state index contributed by atoms with van der Waals surface area (Å²) in [5.74, 6) is -2.80. The van der Waals surface area contributed by atoms with E-state index in [-0.39, 0.29) is 48.9 Å². The summed E-state index contributed by atoms with van der Waals surface area (Å²) >= 11 is 0. The molecule has 0 aromatic carbocycles. The zero-order valence-electron chi connectivity index (χ0n) is 23.5. The number of carbonyl (C=O) groups is 3. The number of fused-ring (bicyclic) bond motifs is 2. The lowest BCUT2D eigenvalue weighted by Crippen LogP contribution is -2.54. The Hall–Kier alpha value is -3.42. The summed E-state index contributed by atoms with van der Waals surface area (Å²) in [4.78, 5) is 50.6. The molecule has 1 aliphatic heterocycles. The molecular formula is C27H37N5O8S. The van der Waals surface area contributed by atoms with Gasteiger partial charge in [-0.2, -0.15) is 9.97 Å². The molecular weight excluding hydrogens is 554 g/mol. The maximum absolute atomic E-state index is 13.8. The van der Waals surface area contributed by atoms with Crippen LogP contribution in [0.2, 0.25) is 0 Å². The summed E-state index contributed by atoms with van der Waals surface area (Å²) < 4.78 is 43.7. The molecule has 13 nitrogen and oxygen atoms in total. The molecule has 3 fully saturated rings. The second-order valence-corrected chi connectivity index (χ2v) is 13.3. The predicted octanol–water partition coefficient (Wildman–Crippen LogP) is 0.949. The first-order chi connectivity index (χ1) is 19.6. The second-order valence-electron chi connectivity index (χ2n) is 11.3. The first-order valence-corrected chi connectivity index (χ1v) is 15.5. The summed E-state index contributed by atoms with van der Waals surface area (Å²) in [6, 6.07) is 1.54. The average Bonchev–Trinajstić information content (AvgIpc) is 3.86. The van der Waals surface area contributed by atoms with E-state index in [4.69, 9.17) is 14.2 Å². The van der Waals surface area contributed by atoms with Crippen LogP contribution in [0, 0.1) is 17.8 Å². The molecule has 14 heteroatoms. The number of ether oxygens (including phenoxy) is 3. The highest BCUT2D eigenvalue weighted by Gasteiger charge is 2.62. The number of sulfonamides is 1. The maximum atomic E-state index is 13.8. The molecule has 4 aliphatic rings. The van der Waals surface area contributed by atoms with Gasteiger partial charge in [0.05, 0.1) is 37.4 Å². The molecule has 5 atom stereocenters. The largest absolute Gasteiger partial charge is 0.481 e. The molecule has 0 unspecified atom stereocenters. The van der Waals surface area contributed by atoms with Crippen LogP contribution in [-0.2, 0) is 24.4 Å². The minimum Gasteiger partial charge on any atom is -0.481 e. The van der Waals surface area contributed by atoms with Crippen molar-refractivity contribution in [3.8, 4) is 17.8 Å². The van der Waals surface area contributed by atoms with Crippen molar-refractivity contribution in [1.82, 2.24) is 24.9 Å². The van der Waals surface area contributed by atoms with Crippen molar-refractivity contribution in [3.63, 3.8) is 0 Å². The quantitative estimate of drug-likeness (QED) is 0.436. The third-order valence-electron chi connectivity index (χ3n) is 8.33. The summed E-state index contributed by atoms with van der Waals surface area (Å²) in [6.07, 6.45) is 7.45. The van der Waals surface area contributed by atoms with Gasteiger partial charge < -0.3 is 24.4 Å². The van der Waals surface area contributed by atoms with E-state index in [1.54, 1.807) is 11.9 Å². The first-order valence-electron chi connectivity index (χ1n) is 14.0. The molecule has 3 saturated carbocycles. The van der Waals surface area contributed by atoms with Crippen LogP contribution < -0.4 is 24.2 Å². The van der Waals surface area contributed by atoms with Gasteiger partial charge in [-0.25, -0.2) is 8.42 Å². The van der Waals surface area contributed by atoms with Crippen LogP contribution in [0.3, 0.4) is 0 Å². The maximum Gasteiger partial charge on any atom is 0.322 e. The van der Waals surface area contributed by atoms with Crippen molar-refractivity contribution in [2.75, 3.05) is 27.8 Å². The van der Waals surface area contributed by atoms with Gasteiger partial charge >= 0.3 is 6.01 Å². The number of nitrogens with zero attached hydrogens (tertiary/aromatic N) is 3.